The number of carbonyl (C=O) groups is 1. The summed E-state index contributed by atoms with van der Waals surface area (Å²) in [5.41, 5.74) is 0.276. The molecule has 0 spiro atoms. The maximum Gasteiger partial charge on any atom is 0.248 e. The normalized spacial score (nSPS) is 11.6. The van der Waals surface area contributed by atoms with Crippen LogP contribution in [0.4, 0.5) is 5.69 Å². The zero-order valence-corrected chi connectivity index (χ0v) is 14.9. The number of ether oxygens (including phenoxy) is 1. The molecule has 3 N–H and O–H groups in total. The third-order valence-corrected chi connectivity index (χ3v) is 4.24. The smallest absolute Gasteiger partial charge is 0.248 e. The summed E-state index contributed by atoms with van der Waals surface area (Å²) in [5, 5.41) is 7.66. The monoisotopic (exact) mass is 448 g/mol. The Morgan fingerprint density at radius 2 is 2.09 bits per heavy atom. The molecule has 9 heteroatoms. The summed E-state index contributed by atoms with van der Waals surface area (Å²) in [5.74, 6) is 0.192. The third kappa shape index (κ3) is 4.81. The Labute approximate surface area is 146 Å². The largest absolute Gasteiger partial charge is 0.495 e. The van der Waals surface area contributed by atoms with Gasteiger partial charge >= 0.3 is 0 Å². The first-order valence-corrected chi connectivity index (χ1v) is 8.87. The average Bonchev–Trinajstić information content (AvgIpc) is 2.90. The molecule has 0 unspecified atom stereocenters. The van der Waals surface area contributed by atoms with Gasteiger partial charge in [-0.3, -0.25) is 4.79 Å². The van der Waals surface area contributed by atoms with Crippen LogP contribution in [-0.4, -0.2) is 21.4 Å². The maximum absolute atomic E-state index is 11.9. The highest BCUT2D eigenvalue weighted by Crippen LogP contribution is 2.26. The number of carbonyl (C=O) groups excluding carboxylic acids is 1. The SMILES string of the molecule is COc1ccc(NC(=O)/C=C/c2ccc(I)o2)cc1S(N)(=O)=O. The van der Waals surface area contributed by atoms with Crippen molar-refractivity contribution < 1.29 is 22.4 Å². The molecule has 0 radical (unpaired) electrons. The number of hydrogen-bond donors (Lipinski definition) is 2. The molecule has 1 aromatic carbocycles. The lowest BCUT2D eigenvalue weighted by Gasteiger charge is -2.09. The minimum absolute atomic E-state index is 0.103. The van der Waals surface area contributed by atoms with Crippen LogP contribution in [0.2, 0.25) is 0 Å². The van der Waals surface area contributed by atoms with E-state index < -0.39 is 15.9 Å². The highest BCUT2D eigenvalue weighted by Gasteiger charge is 2.16. The molecule has 2 aromatic rings. The van der Waals surface area contributed by atoms with E-state index in [1.54, 1.807) is 12.1 Å². The molecule has 2 rings (SSSR count). The molecule has 0 saturated heterocycles. The molecule has 1 aromatic heterocycles. The number of halogens is 1. The van der Waals surface area contributed by atoms with E-state index in [9.17, 15) is 13.2 Å². The van der Waals surface area contributed by atoms with Gasteiger partial charge < -0.3 is 14.5 Å². The van der Waals surface area contributed by atoms with Crippen molar-refractivity contribution in [1.82, 2.24) is 0 Å². The van der Waals surface area contributed by atoms with Crippen LogP contribution in [0.5, 0.6) is 5.75 Å². The molecule has 23 heavy (non-hydrogen) atoms. The predicted molar refractivity (Wildman–Crippen MR) is 93.5 cm³/mol. The van der Waals surface area contributed by atoms with Gasteiger partial charge in [-0.1, -0.05) is 0 Å². The molecule has 0 aliphatic rings. The number of nitrogens with two attached hydrogens (primary N) is 1. The number of benzene rings is 1. The first-order valence-electron chi connectivity index (χ1n) is 6.25. The first kappa shape index (κ1) is 17.5. The van der Waals surface area contributed by atoms with Crippen LogP contribution in [0.15, 0.2) is 45.7 Å². The topological polar surface area (TPSA) is 112 Å². The summed E-state index contributed by atoms with van der Waals surface area (Å²) in [6, 6.07) is 7.64. The number of methoxy groups -OCH3 is 1. The van der Waals surface area contributed by atoms with E-state index in [0.717, 1.165) is 0 Å². The van der Waals surface area contributed by atoms with Crippen molar-refractivity contribution in [2.24, 2.45) is 5.14 Å². The van der Waals surface area contributed by atoms with Gasteiger partial charge in [0.15, 0.2) is 3.77 Å². The van der Waals surface area contributed by atoms with Crippen molar-refractivity contribution in [2.45, 2.75) is 4.90 Å². The van der Waals surface area contributed by atoms with Gasteiger partial charge in [0.1, 0.15) is 16.4 Å². The summed E-state index contributed by atoms with van der Waals surface area (Å²) >= 11 is 2.01. The molecule has 7 nitrogen and oxygen atoms in total. The lowest BCUT2D eigenvalue weighted by molar-refractivity contribution is -0.111. The van der Waals surface area contributed by atoms with E-state index in [2.05, 4.69) is 5.32 Å². The van der Waals surface area contributed by atoms with Crippen molar-refractivity contribution in [2.75, 3.05) is 12.4 Å². The number of rotatable bonds is 5. The molecule has 0 saturated carbocycles. The van der Waals surface area contributed by atoms with Gasteiger partial charge in [-0.2, -0.15) is 0 Å². The molecule has 122 valence electrons. The van der Waals surface area contributed by atoms with E-state index in [1.165, 1.54) is 37.5 Å². The molecular weight excluding hydrogens is 435 g/mol. The Bertz CT molecular complexity index is 858. The molecule has 0 fully saturated rings. The van der Waals surface area contributed by atoms with Crippen LogP contribution < -0.4 is 15.2 Å². The van der Waals surface area contributed by atoms with Crippen molar-refractivity contribution in [3.05, 3.63) is 45.9 Å². The van der Waals surface area contributed by atoms with E-state index >= 15 is 0 Å². The average molecular weight is 448 g/mol. The summed E-state index contributed by atoms with van der Waals surface area (Å²) in [6.07, 6.45) is 2.78. The van der Waals surface area contributed by atoms with Crippen molar-refractivity contribution >= 4 is 50.3 Å². The quantitative estimate of drug-likeness (QED) is 0.538. The Balaban J connectivity index is 2.16. The van der Waals surface area contributed by atoms with Gasteiger partial charge in [0.05, 0.1) is 7.11 Å². The Hall–Kier alpha value is -1.85. The molecule has 1 heterocycles. The number of primary sulfonamides is 1. The molecule has 0 aliphatic carbocycles. The van der Waals surface area contributed by atoms with Gasteiger partial charge in [0.25, 0.3) is 0 Å². The summed E-state index contributed by atoms with van der Waals surface area (Å²) in [7, 11) is -2.64. The summed E-state index contributed by atoms with van der Waals surface area (Å²) < 4.78 is 34.0. The predicted octanol–water partition coefficient (Wildman–Crippen LogP) is 2.19. The van der Waals surface area contributed by atoms with Crippen LogP contribution in [0.3, 0.4) is 0 Å². The lowest BCUT2D eigenvalue weighted by Crippen LogP contribution is -2.15. The minimum Gasteiger partial charge on any atom is -0.495 e. The van der Waals surface area contributed by atoms with E-state index in [-0.39, 0.29) is 16.3 Å². The maximum atomic E-state index is 11.9. The molecule has 0 atom stereocenters. The second kappa shape index (κ2) is 7.15. The van der Waals surface area contributed by atoms with Crippen LogP contribution in [0.1, 0.15) is 5.76 Å². The fraction of sp³-hybridized carbons (Fsp3) is 0.0714. The van der Waals surface area contributed by atoms with Crippen LogP contribution in [-0.2, 0) is 14.8 Å². The highest BCUT2D eigenvalue weighted by atomic mass is 127. The van der Waals surface area contributed by atoms with Gasteiger partial charge in [-0.15, -0.1) is 0 Å². The van der Waals surface area contributed by atoms with Gasteiger partial charge in [-0.05, 0) is 59.0 Å². The first-order chi connectivity index (χ1) is 10.8. The fourth-order valence-corrected chi connectivity index (χ4v) is 2.89. The Kier molecular flexibility index (Phi) is 5.44. The van der Waals surface area contributed by atoms with E-state index in [1.807, 2.05) is 22.6 Å². The van der Waals surface area contributed by atoms with E-state index in [0.29, 0.717) is 9.53 Å². The minimum atomic E-state index is -3.97. The van der Waals surface area contributed by atoms with Crippen LogP contribution in [0, 0.1) is 3.77 Å². The number of amides is 1. The van der Waals surface area contributed by atoms with Crippen LogP contribution >= 0.6 is 22.6 Å². The fourth-order valence-electron chi connectivity index (χ4n) is 1.74. The third-order valence-electron chi connectivity index (χ3n) is 2.73. The van der Waals surface area contributed by atoms with Gasteiger partial charge in [0.2, 0.25) is 15.9 Å². The second-order valence-electron chi connectivity index (χ2n) is 4.38. The number of furan rings is 1. The molecular formula is C14H13IN2O5S. The number of anilines is 1. The van der Waals surface area contributed by atoms with Crippen molar-refractivity contribution in [3.63, 3.8) is 0 Å². The number of hydrogen-bond acceptors (Lipinski definition) is 5. The van der Waals surface area contributed by atoms with E-state index in [4.69, 9.17) is 14.3 Å². The van der Waals surface area contributed by atoms with Crippen molar-refractivity contribution in [1.29, 1.82) is 0 Å². The van der Waals surface area contributed by atoms with Gasteiger partial charge in [-0.25, -0.2) is 13.6 Å². The highest BCUT2D eigenvalue weighted by molar-refractivity contribution is 14.1. The molecule has 0 bridgehead atoms. The number of sulfonamides is 1. The molecule has 1 amide bonds. The standard InChI is InChI=1S/C14H13IN2O5S/c1-21-11-5-2-9(8-12(11)23(16,19)20)17-14(18)7-4-10-3-6-13(15)22-10/h2-8H,1H3,(H,17,18)(H2,16,19,20)/b7-4+. The summed E-state index contributed by atoms with van der Waals surface area (Å²) in [6.45, 7) is 0. The van der Waals surface area contributed by atoms with Crippen LogP contribution in [0.25, 0.3) is 6.08 Å². The lowest BCUT2D eigenvalue weighted by atomic mass is 10.3. The summed E-state index contributed by atoms with van der Waals surface area (Å²) in [4.78, 5) is 11.6. The molecule has 0 aliphatic heterocycles. The second-order valence-corrected chi connectivity index (χ2v) is 6.97. The number of nitrogens with one attached hydrogen (secondary N) is 1. The Morgan fingerprint density at radius 3 is 2.65 bits per heavy atom. The van der Waals surface area contributed by atoms with Crippen molar-refractivity contribution in [3.8, 4) is 5.75 Å². The zero-order valence-electron chi connectivity index (χ0n) is 11.9. The zero-order chi connectivity index (χ0) is 17.0. The van der Waals surface area contributed by atoms with Gasteiger partial charge in [0, 0.05) is 11.8 Å². The Morgan fingerprint density at radius 1 is 1.35 bits per heavy atom.